The number of fused-ring (bicyclic) bond motifs is 3. The summed E-state index contributed by atoms with van der Waals surface area (Å²) >= 11 is 0. The number of rotatable bonds is 2. The van der Waals surface area contributed by atoms with Crippen molar-refractivity contribution >= 4 is 16.7 Å². The molecule has 5 rings (SSSR count). The van der Waals surface area contributed by atoms with Crippen molar-refractivity contribution in [2.75, 3.05) is 0 Å². The Bertz CT molecular complexity index is 1410. The fourth-order valence-corrected chi connectivity index (χ4v) is 4.00. The average Bonchev–Trinajstić information content (AvgIpc) is 3.25. The quantitative estimate of drug-likeness (QED) is 0.387. The largest absolute Gasteiger partial charge is 0.275 e. The summed E-state index contributed by atoms with van der Waals surface area (Å²) in [5.74, 6) is -0.246. The Labute approximate surface area is 173 Å². The first-order valence-electron chi connectivity index (χ1n) is 10.0. The van der Waals surface area contributed by atoms with Gasteiger partial charge in [0.25, 0.3) is 0 Å². The second-order valence-corrected chi connectivity index (χ2v) is 8.50. The maximum Gasteiger partial charge on any atom is 0.176 e. The topological polar surface area (TPSA) is 37.0 Å². The molecule has 150 valence electrons. The molecule has 0 aliphatic carbocycles. The van der Waals surface area contributed by atoms with E-state index < -0.39 is 0 Å². The highest BCUT2D eigenvalue weighted by Crippen LogP contribution is 2.33. The minimum absolute atomic E-state index is 0.196. The summed E-state index contributed by atoms with van der Waals surface area (Å²) in [5.41, 5.74) is 6.62. The summed E-state index contributed by atoms with van der Waals surface area (Å²) in [6.45, 7) is 6.55. The molecule has 0 saturated carbocycles. The van der Waals surface area contributed by atoms with Crippen LogP contribution >= 0.6 is 0 Å². The van der Waals surface area contributed by atoms with E-state index in [1.54, 1.807) is 0 Å². The highest BCUT2D eigenvalue weighted by atomic mass is 19.1. The molecule has 2 heterocycles. The number of nitrogens with zero attached hydrogens (tertiary/aromatic N) is 3. The smallest absolute Gasteiger partial charge is 0.176 e. The summed E-state index contributed by atoms with van der Waals surface area (Å²) in [4.78, 5) is 5.03. The number of halogens is 1. The number of aromatic nitrogens is 3. The lowest BCUT2D eigenvalue weighted by Gasteiger charge is -2.19. The van der Waals surface area contributed by atoms with Crippen molar-refractivity contribution in [2.45, 2.75) is 26.2 Å². The third-order valence-electron chi connectivity index (χ3n) is 5.29. The third kappa shape index (κ3) is 2.94. The Morgan fingerprint density at radius 2 is 1.50 bits per heavy atom. The number of aromatic amines is 1. The Morgan fingerprint density at radius 3 is 2.20 bits per heavy atom. The van der Waals surface area contributed by atoms with E-state index >= 15 is 0 Å². The highest BCUT2D eigenvalue weighted by Gasteiger charge is 2.28. The van der Waals surface area contributed by atoms with Crippen LogP contribution in [-0.2, 0) is 5.41 Å². The lowest BCUT2D eigenvalue weighted by atomic mass is 9.85. The van der Waals surface area contributed by atoms with Crippen molar-refractivity contribution in [1.29, 1.82) is 0 Å². The van der Waals surface area contributed by atoms with Crippen molar-refractivity contribution < 1.29 is 4.39 Å². The predicted octanol–water partition coefficient (Wildman–Crippen LogP) is 5.86. The molecule has 5 aromatic rings. The molecule has 1 N–H and O–H groups in total. The molecule has 0 spiro atoms. The van der Waals surface area contributed by atoms with E-state index in [4.69, 9.17) is 4.99 Å². The van der Waals surface area contributed by atoms with Crippen molar-refractivity contribution in [3.63, 3.8) is 0 Å². The van der Waals surface area contributed by atoms with Gasteiger partial charge in [-0.2, -0.15) is 4.63 Å². The second-order valence-electron chi connectivity index (χ2n) is 8.50. The predicted molar refractivity (Wildman–Crippen MR) is 118 cm³/mol. The monoisotopic (exact) mass is 398 g/mol. The molecular weight excluding hydrogens is 375 g/mol. The third-order valence-corrected chi connectivity index (χ3v) is 5.29. The van der Waals surface area contributed by atoms with Crippen LogP contribution in [-0.4, -0.2) is 14.2 Å². The van der Waals surface area contributed by atoms with Crippen molar-refractivity contribution in [3.8, 4) is 11.3 Å². The number of H-pyrrole nitrogens is 1. The number of hydrogen-bond acceptors (Lipinski definition) is 1. The van der Waals surface area contributed by atoms with Gasteiger partial charge in [-0.05, 0) is 53.9 Å². The van der Waals surface area contributed by atoms with Crippen LogP contribution in [0.25, 0.3) is 22.3 Å². The van der Waals surface area contributed by atoms with Crippen LogP contribution in [0.5, 0.6) is 0 Å². The fraction of sp³-hybridized carbons (Fsp3) is 0.160. The van der Waals surface area contributed by atoms with E-state index in [1.807, 2.05) is 65.3 Å². The molecule has 0 saturated heterocycles. The molecule has 0 unspecified atom stereocenters. The van der Waals surface area contributed by atoms with Gasteiger partial charge < -0.3 is 0 Å². The van der Waals surface area contributed by atoms with Gasteiger partial charge in [0, 0.05) is 11.1 Å². The number of para-hydroxylation sites is 3. The Kier molecular flexibility index (Phi) is 4.13. The molecule has 4 nitrogen and oxygen atoms in total. The molecule has 5 heteroatoms. The molecule has 0 aliphatic rings. The van der Waals surface area contributed by atoms with Gasteiger partial charge in [-0.3, -0.25) is 5.10 Å². The summed E-state index contributed by atoms with van der Waals surface area (Å²) < 4.78 is 17.8. The number of nitrogens with one attached hydrogen (secondary N) is 1. The standard InChI is InChI=1S/C25H23FN4/c1-25(2,3)22-23(17-13-15-18(26)16-14-17)29-21-12-8-7-11-20(21)28-30(29)24(22)27-19-9-5-4-6-10-19/h4-16,28H,1-3H3. The lowest BCUT2D eigenvalue weighted by Crippen LogP contribution is -2.25. The van der Waals surface area contributed by atoms with Crippen LogP contribution < -0.4 is 5.49 Å². The van der Waals surface area contributed by atoms with Crippen molar-refractivity contribution in [3.05, 3.63) is 95.7 Å². The average molecular weight is 398 g/mol. The first-order valence-corrected chi connectivity index (χ1v) is 10.0. The lowest BCUT2D eigenvalue weighted by molar-refractivity contribution is 0.581. The second kappa shape index (κ2) is 6.73. The molecule has 2 aromatic heterocycles. The van der Waals surface area contributed by atoms with E-state index in [-0.39, 0.29) is 11.2 Å². The van der Waals surface area contributed by atoms with Crippen LogP contribution in [0, 0.1) is 5.82 Å². The maximum absolute atomic E-state index is 13.7. The normalized spacial score (nSPS) is 12.9. The van der Waals surface area contributed by atoms with E-state index in [0.29, 0.717) is 0 Å². The van der Waals surface area contributed by atoms with Gasteiger partial charge in [0.05, 0.1) is 22.4 Å². The molecule has 0 aliphatic heterocycles. The van der Waals surface area contributed by atoms with Gasteiger partial charge in [0.1, 0.15) is 5.82 Å². The highest BCUT2D eigenvalue weighted by molar-refractivity contribution is 5.78. The Balaban J connectivity index is 2.01. The van der Waals surface area contributed by atoms with Gasteiger partial charge in [-0.25, -0.2) is 13.9 Å². The van der Waals surface area contributed by atoms with Gasteiger partial charge in [-0.1, -0.05) is 51.1 Å². The van der Waals surface area contributed by atoms with Gasteiger partial charge in [0.15, 0.2) is 5.49 Å². The van der Waals surface area contributed by atoms with E-state index in [2.05, 4.69) is 36.5 Å². The van der Waals surface area contributed by atoms with E-state index in [1.165, 1.54) is 12.1 Å². The van der Waals surface area contributed by atoms with Crippen LogP contribution in [0.15, 0.2) is 83.9 Å². The number of hydrogen-bond donors (Lipinski definition) is 1. The van der Waals surface area contributed by atoms with Gasteiger partial charge in [-0.15, -0.1) is 0 Å². The minimum Gasteiger partial charge on any atom is -0.275 e. The van der Waals surface area contributed by atoms with Crippen molar-refractivity contribution in [2.24, 2.45) is 4.99 Å². The van der Waals surface area contributed by atoms with E-state index in [0.717, 1.165) is 39.0 Å². The molecule has 0 bridgehead atoms. The van der Waals surface area contributed by atoms with Gasteiger partial charge in [0.2, 0.25) is 0 Å². The Morgan fingerprint density at radius 1 is 0.833 bits per heavy atom. The summed E-state index contributed by atoms with van der Waals surface area (Å²) in [6, 6.07) is 24.8. The molecule has 3 aromatic carbocycles. The maximum atomic E-state index is 13.7. The first-order chi connectivity index (χ1) is 14.4. The van der Waals surface area contributed by atoms with Crippen LogP contribution in [0.1, 0.15) is 26.3 Å². The minimum atomic E-state index is -0.246. The zero-order valence-corrected chi connectivity index (χ0v) is 17.2. The zero-order chi connectivity index (χ0) is 20.9. The summed E-state index contributed by atoms with van der Waals surface area (Å²) in [7, 11) is 0. The molecular formula is C25H23FN4. The molecule has 0 fully saturated rings. The van der Waals surface area contributed by atoms with Crippen molar-refractivity contribution in [1.82, 2.24) is 14.2 Å². The summed E-state index contributed by atoms with van der Waals surface area (Å²) in [5, 5.41) is 3.49. The van der Waals surface area contributed by atoms with Gasteiger partial charge >= 0.3 is 0 Å². The van der Waals surface area contributed by atoms with Crippen LogP contribution in [0.4, 0.5) is 10.1 Å². The summed E-state index contributed by atoms with van der Waals surface area (Å²) in [6.07, 6.45) is 0. The molecule has 0 radical (unpaired) electrons. The molecule has 30 heavy (non-hydrogen) atoms. The van der Waals surface area contributed by atoms with Crippen LogP contribution in [0.3, 0.4) is 0 Å². The SMILES string of the molecule is CC(C)(C)c1c(-c2ccc(F)cc2)n2c3ccccc3[nH]n2c1=Nc1ccccc1. The van der Waals surface area contributed by atoms with E-state index in [9.17, 15) is 4.39 Å². The molecule has 0 amide bonds. The van der Waals surface area contributed by atoms with Crippen LogP contribution in [0.2, 0.25) is 0 Å². The number of benzene rings is 3. The first kappa shape index (κ1) is 18.4. The molecule has 0 atom stereocenters. The Hall–Kier alpha value is -3.60. The zero-order valence-electron chi connectivity index (χ0n) is 17.2. The fourth-order valence-electron chi connectivity index (χ4n) is 4.00.